The van der Waals surface area contributed by atoms with Crippen molar-refractivity contribution in [3.8, 4) is 5.75 Å². The summed E-state index contributed by atoms with van der Waals surface area (Å²) in [5.41, 5.74) is 1.92. The van der Waals surface area contributed by atoms with E-state index in [0.717, 1.165) is 45.5 Å². The minimum Gasteiger partial charge on any atom is -0.618 e. The number of hydrogen-bond donors (Lipinski definition) is 0. The maximum Gasteiger partial charge on any atom is 0.199 e. The molecule has 0 saturated heterocycles. The quantitative estimate of drug-likeness (QED) is 0.555. The molecule has 1 heterocycles. The fourth-order valence-corrected chi connectivity index (χ4v) is 2.41. The van der Waals surface area contributed by atoms with E-state index in [0.29, 0.717) is 0 Å². The van der Waals surface area contributed by atoms with Gasteiger partial charge in [0.15, 0.2) is 11.9 Å². The van der Waals surface area contributed by atoms with E-state index in [1.165, 1.54) is 6.20 Å². The summed E-state index contributed by atoms with van der Waals surface area (Å²) in [7, 11) is 1.63. The monoisotopic (exact) mass is 243 g/mol. The molecule has 0 saturated carbocycles. The van der Waals surface area contributed by atoms with Crippen LogP contribution in [-0.4, -0.2) is 7.11 Å². The van der Waals surface area contributed by atoms with Gasteiger partial charge in [0, 0.05) is 6.42 Å². The molecule has 0 aromatic carbocycles. The van der Waals surface area contributed by atoms with Crippen LogP contribution in [0.4, 0.5) is 0 Å². The van der Waals surface area contributed by atoms with Crippen molar-refractivity contribution >= 4 is 15.9 Å². The molecule has 1 aromatic heterocycles. The van der Waals surface area contributed by atoms with Crippen molar-refractivity contribution in [2.45, 2.75) is 19.3 Å². The van der Waals surface area contributed by atoms with E-state index in [-0.39, 0.29) is 0 Å². The SMILES string of the molecule is COc1c(Br)c[n+]([O-])c2c1CCC2. The van der Waals surface area contributed by atoms with Gasteiger partial charge in [-0.1, -0.05) is 0 Å². The van der Waals surface area contributed by atoms with Gasteiger partial charge in [-0.2, -0.15) is 4.73 Å². The smallest absolute Gasteiger partial charge is 0.199 e. The van der Waals surface area contributed by atoms with E-state index in [1.807, 2.05) is 0 Å². The first-order valence-electron chi connectivity index (χ1n) is 4.21. The molecule has 0 amide bonds. The van der Waals surface area contributed by atoms with Crippen molar-refractivity contribution in [3.05, 3.63) is 27.1 Å². The van der Waals surface area contributed by atoms with Crippen molar-refractivity contribution < 1.29 is 9.47 Å². The van der Waals surface area contributed by atoms with Crippen LogP contribution in [0.15, 0.2) is 10.7 Å². The third-order valence-electron chi connectivity index (χ3n) is 2.38. The molecule has 0 atom stereocenters. The number of halogens is 1. The molecule has 0 spiro atoms. The predicted octanol–water partition coefficient (Wildman–Crippen LogP) is 1.58. The highest BCUT2D eigenvalue weighted by Gasteiger charge is 2.25. The van der Waals surface area contributed by atoms with Crippen LogP contribution in [0.2, 0.25) is 0 Å². The van der Waals surface area contributed by atoms with Crippen LogP contribution in [0.3, 0.4) is 0 Å². The first kappa shape index (κ1) is 8.81. The summed E-state index contributed by atoms with van der Waals surface area (Å²) >= 11 is 3.32. The van der Waals surface area contributed by atoms with Crippen LogP contribution in [-0.2, 0) is 12.8 Å². The zero-order valence-electron chi connectivity index (χ0n) is 7.34. The van der Waals surface area contributed by atoms with E-state index in [4.69, 9.17) is 4.74 Å². The summed E-state index contributed by atoms with van der Waals surface area (Å²) < 4.78 is 6.92. The van der Waals surface area contributed by atoms with Crippen molar-refractivity contribution in [2.24, 2.45) is 0 Å². The van der Waals surface area contributed by atoms with Gasteiger partial charge >= 0.3 is 0 Å². The normalized spacial score (nSPS) is 14.3. The van der Waals surface area contributed by atoms with Crippen molar-refractivity contribution in [1.82, 2.24) is 0 Å². The number of aromatic nitrogens is 1. The molecule has 1 aliphatic carbocycles. The van der Waals surface area contributed by atoms with Crippen LogP contribution >= 0.6 is 15.9 Å². The number of ether oxygens (including phenoxy) is 1. The molecule has 4 heteroatoms. The second kappa shape index (κ2) is 3.18. The lowest BCUT2D eigenvalue weighted by Gasteiger charge is -2.09. The number of nitrogens with zero attached hydrogens (tertiary/aromatic N) is 1. The summed E-state index contributed by atoms with van der Waals surface area (Å²) in [4.78, 5) is 0. The first-order chi connectivity index (χ1) is 6.24. The van der Waals surface area contributed by atoms with Gasteiger partial charge in [0.2, 0.25) is 0 Å². The standard InChI is InChI=1S/C9H10BrNO2/c1-13-9-6-3-2-4-8(6)11(12)5-7(9)10/h5H,2-4H2,1H3. The first-order valence-corrected chi connectivity index (χ1v) is 5.00. The molecule has 0 bridgehead atoms. The zero-order valence-corrected chi connectivity index (χ0v) is 8.93. The van der Waals surface area contributed by atoms with E-state index in [1.54, 1.807) is 7.11 Å². The van der Waals surface area contributed by atoms with Crippen LogP contribution in [0, 0.1) is 5.21 Å². The van der Waals surface area contributed by atoms with E-state index in [9.17, 15) is 5.21 Å². The molecular weight excluding hydrogens is 234 g/mol. The molecule has 2 rings (SSSR count). The van der Waals surface area contributed by atoms with Crippen LogP contribution < -0.4 is 9.47 Å². The maximum absolute atomic E-state index is 11.4. The molecule has 1 aliphatic rings. The topological polar surface area (TPSA) is 36.2 Å². The van der Waals surface area contributed by atoms with Gasteiger partial charge in [0.1, 0.15) is 10.2 Å². The Morgan fingerprint density at radius 3 is 3.00 bits per heavy atom. The Hall–Kier alpha value is -0.770. The summed E-state index contributed by atoms with van der Waals surface area (Å²) in [6.07, 6.45) is 4.37. The van der Waals surface area contributed by atoms with Gasteiger partial charge in [0.25, 0.3) is 0 Å². The fraction of sp³-hybridized carbons (Fsp3) is 0.444. The number of methoxy groups -OCH3 is 1. The van der Waals surface area contributed by atoms with Gasteiger partial charge in [-0.25, -0.2) is 0 Å². The second-order valence-corrected chi connectivity index (χ2v) is 3.97. The second-order valence-electron chi connectivity index (χ2n) is 3.11. The molecule has 0 aliphatic heterocycles. The van der Waals surface area contributed by atoms with Gasteiger partial charge in [-0.05, 0) is 28.8 Å². The summed E-state index contributed by atoms with van der Waals surface area (Å²) in [6, 6.07) is 0. The number of pyridine rings is 1. The number of rotatable bonds is 1. The Morgan fingerprint density at radius 2 is 2.31 bits per heavy atom. The van der Waals surface area contributed by atoms with E-state index in [2.05, 4.69) is 15.9 Å². The highest BCUT2D eigenvalue weighted by Crippen LogP contribution is 2.33. The molecule has 0 N–H and O–H groups in total. The average molecular weight is 244 g/mol. The van der Waals surface area contributed by atoms with Crippen molar-refractivity contribution in [1.29, 1.82) is 0 Å². The highest BCUT2D eigenvalue weighted by atomic mass is 79.9. The minimum atomic E-state index is 0.741. The lowest BCUT2D eigenvalue weighted by Crippen LogP contribution is -2.31. The molecule has 0 unspecified atom stereocenters. The van der Waals surface area contributed by atoms with Crippen LogP contribution in [0.5, 0.6) is 5.75 Å². The third kappa shape index (κ3) is 1.29. The predicted molar refractivity (Wildman–Crippen MR) is 51.7 cm³/mol. The van der Waals surface area contributed by atoms with Crippen molar-refractivity contribution in [2.75, 3.05) is 7.11 Å². The van der Waals surface area contributed by atoms with Gasteiger partial charge in [0.05, 0.1) is 12.7 Å². The minimum absolute atomic E-state index is 0.741. The van der Waals surface area contributed by atoms with Gasteiger partial charge in [-0.3, -0.25) is 0 Å². The number of fused-ring (bicyclic) bond motifs is 1. The molecule has 13 heavy (non-hydrogen) atoms. The largest absolute Gasteiger partial charge is 0.618 e. The lowest BCUT2D eigenvalue weighted by molar-refractivity contribution is -0.614. The Bertz CT molecular complexity index is 352. The molecule has 1 aromatic rings. The van der Waals surface area contributed by atoms with Crippen LogP contribution in [0.1, 0.15) is 17.7 Å². The molecule has 3 nitrogen and oxygen atoms in total. The number of hydrogen-bond acceptors (Lipinski definition) is 2. The highest BCUT2D eigenvalue weighted by molar-refractivity contribution is 9.10. The summed E-state index contributed by atoms with van der Waals surface area (Å²) in [6.45, 7) is 0. The Labute approximate surface area is 85.0 Å². The lowest BCUT2D eigenvalue weighted by atomic mass is 10.2. The molecule has 70 valence electrons. The zero-order chi connectivity index (χ0) is 9.42. The van der Waals surface area contributed by atoms with E-state index < -0.39 is 0 Å². The summed E-state index contributed by atoms with van der Waals surface area (Å²) in [5.74, 6) is 0.819. The Balaban J connectivity index is 2.65. The molecule has 0 radical (unpaired) electrons. The average Bonchev–Trinajstić information content (AvgIpc) is 2.53. The van der Waals surface area contributed by atoms with Gasteiger partial charge in [-0.15, -0.1) is 0 Å². The summed E-state index contributed by atoms with van der Waals surface area (Å²) in [5, 5.41) is 11.4. The Kier molecular flexibility index (Phi) is 2.15. The molecular formula is C9H10BrNO2. The van der Waals surface area contributed by atoms with E-state index >= 15 is 0 Å². The third-order valence-corrected chi connectivity index (χ3v) is 2.95. The maximum atomic E-state index is 11.4. The van der Waals surface area contributed by atoms with Crippen molar-refractivity contribution in [3.63, 3.8) is 0 Å². The molecule has 0 fully saturated rings. The van der Waals surface area contributed by atoms with Gasteiger partial charge < -0.3 is 9.94 Å². The fourth-order valence-electron chi connectivity index (χ4n) is 1.82. The Morgan fingerprint density at radius 1 is 1.54 bits per heavy atom. The van der Waals surface area contributed by atoms with Crippen LogP contribution in [0.25, 0.3) is 0 Å².